The molecule has 2 N–H and O–H groups in total. The van der Waals surface area contributed by atoms with E-state index in [-0.39, 0.29) is 6.03 Å². The molecule has 3 heteroatoms. The third-order valence-corrected chi connectivity index (χ3v) is 2.02. The van der Waals surface area contributed by atoms with Crippen LogP contribution >= 0.6 is 0 Å². The van der Waals surface area contributed by atoms with Gasteiger partial charge in [-0.1, -0.05) is 13.0 Å². The molecule has 0 unspecified atom stereocenters. The summed E-state index contributed by atoms with van der Waals surface area (Å²) < 4.78 is 0. The molecule has 1 aromatic rings. The van der Waals surface area contributed by atoms with E-state index < -0.39 is 0 Å². The summed E-state index contributed by atoms with van der Waals surface area (Å²) in [5, 5.41) is 5.58. The van der Waals surface area contributed by atoms with E-state index >= 15 is 0 Å². The number of anilines is 1. The second-order valence-corrected chi connectivity index (χ2v) is 3.76. The van der Waals surface area contributed by atoms with Crippen LogP contribution in [0.4, 0.5) is 10.5 Å². The molecule has 0 spiro atoms. The molecule has 15 heavy (non-hydrogen) atoms. The molecule has 0 aliphatic carbocycles. The number of hydrogen-bond acceptors (Lipinski definition) is 1. The molecule has 0 aliphatic rings. The second-order valence-electron chi connectivity index (χ2n) is 3.76. The van der Waals surface area contributed by atoms with E-state index in [2.05, 4.69) is 16.7 Å². The van der Waals surface area contributed by atoms with Crippen molar-refractivity contribution in [1.82, 2.24) is 5.32 Å². The molecule has 0 heterocycles. The minimum Gasteiger partial charge on any atom is -0.338 e. The molecule has 82 valence electrons. The van der Waals surface area contributed by atoms with Crippen LogP contribution < -0.4 is 10.6 Å². The van der Waals surface area contributed by atoms with Gasteiger partial charge in [-0.2, -0.15) is 0 Å². The van der Waals surface area contributed by atoms with Gasteiger partial charge in [0.2, 0.25) is 0 Å². The van der Waals surface area contributed by atoms with Gasteiger partial charge in [0.25, 0.3) is 0 Å². The van der Waals surface area contributed by atoms with E-state index in [9.17, 15) is 4.79 Å². The largest absolute Gasteiger partial charge is 0.338 e. The molecule has 0 saturated carbocycles. The normalized spacial score (nSPS) is 9.80. The smallest absolute Gasteiger partial charge is 0.319 e. The van der Waals surface area contributed by atoms with Crippen molar-refractivity contribution in [2.24, 2.45) is 0 Å². The quantitative estimate of drug-likeness (QED) is 0.784. The maximum absolute atomic E-state index is 11.4. The van der Waals surface area contributed by atoms with Crippen LogP contribution in [-0.2, 0) is 0 Å². The predicted molar refractivity (Wildman–Crippen MR) is 63.2 cm³/mol. The molecule has 3 nitrogen and oxygen atoms in total. The SMILES string of the molecule is CCCNC(=O)Nc1cc(C)cc(C)c1. The lowest BCUT2D eigenvalue weighted by atomic mass is 10.1. The molecule has 1 rings (SSSR count). The molecule has 0 bridgehead atoms. The van der Waals surface area contributed by atoms with Gasteiger partial charge >= 0.3 is 6.03 Å². The van der Waals surface area contributed by atoms with Gasteiger partial charge in [-0.15, -0.1) is 0 Å². The minimum atomic E-state index is -0.137. The lowest BCUT2D eigenvalue weighted by Crippen LogP contribution is -2.29. The Morgan fingerprint density at radius 1 is 1.20 bits per heavy atom. The molecule has 0 aromatic heterocycles. The molecular formula is C12H18N2O. The molecule has 0 fully saturated rings. The molecule has 0 saturated heterocycles. The van der Waals surface area contributed by atoms with Crippen molar-refractivity contribution in [2.45, 2.75) is 27.2 Å². The summed E-state index contributed by atoms with van der Waals surface area (Å²) in [5.41, 5.74) is 3.16. The first kappa shape index (κ1) is 11.6. The number of rotatable bonds is 3. The fourth-order valence-corrected chi connectivity index (χ4v) is 1.46. The summed E-state index contributed by atoms with van der Waals surface area (Å²) in [4.78, 5) is 11.4. The van der Waals surface area contributed by atoms with Crippen molar-refractivity contribution in [3.8, 4) is 0 Å². The number of amides is 2. The number of aryl methyl sites for hydroxylation is 2. The molecule has 0 radical (unpaired) electrons. The molecule has 2 amide bonds. The highest BCUT2D eigenvalue weighted by Crippen LogP contribution is 2.13. The van der Waals surface area contributed by atoms with Crippen LogP contribution in [0, 0.1) is 13.8 Å². The maximum atomic E-state index is 11.4. The summed E-state index contributed by atoms with van der Waals surface area (Å²) in [6.45, 7) is 6.76. The zero-order chi connectivity index (χ0) is 11.3. The Hall–Kier alpha value is -1.51. The Kier molecular flexibility index (Phi) is 4.16. The van der Waals surface area contributed by atoms with Gasteiger partial charge in [0.05, 0.1) is 0 Å². The number of nitrogens with one attached hydrogen (secondary N) is 2. The first-order valence-corrected chi connectivity index (χ1v) is 5.25. The Labute approximate surface area is 90.9 Å². The number of benzene rings is 1. The van der Waals surface area contributed by atoms with Crippen LogP contribution in [-0.4, -0.2) is 12.6 Å². The lowest BCUT2D eigenvalue weighted by Gasteiger charge is -2.08. The summed E-state index contributed by atoms with van der Waals surface area (Å²) in [6.07, 6.45) is 0.945. The monoisotopic (exact) mass is 206 g/mol. The number of hydrogen-bond donors (Lipinski definition) is 2. The van der Waals surface area contributed by atoms with Gasteiger partial charge in [0.15, 0.2) is 0 Å². The fourth-order valence-electron chi connectivity index (χ4n) is 1.46. The zero-order valence-corrected chi connectivity index (χ0v) is 9.55. The average molecular weight is 206 g/mol. The summed E-state index contributed by atoms with van der Waals surface area (Å²) in [7, 11) is 0. The van der Waals surface area contributed by atoms with Crippen molar-refractivity contribution in [2.75, 3.05) is 11.9 Å². The third-order valence-electron chi connectivity index (χ3n) is 2.02. The average Bonchev–Trinajstić information content (AvgIpc) is 2.13. The molecule has 0 aliphatic heterocycles. The standard InChI is InChI=1S/C12H18N2O/c1-4-5-13-12(15)14-11-7-9(2)6-10(3)8-11/h6-8H,4-5H2,1-3H3,(H2,13,14,15). The van der Waals surface area contributed by atoms with E-state index in [1.165, 1.54) is 0 Å². The third kappa shape index (κ3) is 4.02. The molecule has 1 aromatic carbocycles. The Morgan fingerprint density at radius 3 is 2.33 bits per heavy atom. The van der Waals surface area contributed by atoms with Crippen LogP contribution in [0.3, 0.4) is 0 Å². The maximum Gasteiger partial charge on any atom is 0.319 e. The van der Waals surface area contributed by atoms with Crippen LogP contribution in [0.15, 0.2) is 18.2 Å². The summed E-state index contributed by atoms with van der Waals surface area (Å²) >= 11 is 0. The van der Waals surface area contributed by atoms with Crippen LogP contribution in [0.2, 0.25) is 0 Å². The lowest BCUT2D eigenvalue weighted by molar-refractivity contribution is 0.252. The number of carbonyl (C=O) groups excluding carboxylic acids is 1. The van der Waals surface area contributed by atoms with Gasteiger partial charge in [-0.25, -0.2) is 4.79 Å². The first-order chi connectivity index (χ1) is 7.11. The molecule has 0 atom stereocenters. The number of carbonyl (C=O) groups is 1. The molecular weight excluding hydrogens is 188 g/mol. The second kappa shape index (κ2) is 5.39. The van der Waals surface area contributed by atoms with Gasteiger partial charge < -0.3 is 10.6 Å². The van der Waals surface area contributed by atoms with E-state index in [0.29, 0.717) is 6.54 Å². The van der Waals surface area contributed by atoms with Crippen molar-refractivity contribution in [3.63, 3.8) is 0 Å². The first-order valence-electron chi connectivity index (χ1n) is 5.25. The van der Waals surface area contributed by atoms with Crippen LogP contribution in [0.5, 0.6) is 0 Å². The Bertz CT molecular complexity index is 327. The van der Waals surface area contributed by atoms with Crippen LogP contribution in [0.1, 0.15) is 24.5 Å². The summed E-state index contributed by atoms with van der Waals surface area (Å²) in [5.74, 6) is 0. The Balaban J connectivity index is 2.60. The van der Waals surface area contributed by atoms with E-state index in [1.54, 1.807) is 0 Å². The van der Waals surface area contributed by atoms with Crippen molar-refractivity contribution >= 4 is 11.7 Å². The van der Waals surface area contributed by atoms with Gasteiger partial charge in [0.1, 0.15) is 0 Å². The van der Waals surface area contributed by atoms with E-state index in [0.717, 1.165) is 23.2 Å². The predicted octanol–water partition coefficient (Wildman–Crippen LogP) is 2.83. The van der Waals surface area contributed by atoms with Gasteiger partial charge in [-0.3, -0.25) is 0 Å². The highest BCUT2D eigenvalue weighted by molar-refractivity contribution is 5.89. The van der Waals surface area contributed by atoms with E-state index in [1.807, 2.05) is 32.9 Å². The van der Waals surface area contributed by atoms with Crippen molar-refractivity contribution in [3.05, 3.63) is 29.3 Å². The zero-order valence-electron chi connectivity index (χ0n) is 9.55. The van der Waals surface area contributed by atoms with Crippen LogP contribution in [0.25, 0.3) is 0 Å². The van der Waals surface area contributed by atoms with E-state index in [4.69, 9.17) is 0 Å². The van der Waals surface area contributed by atoms with Gasteiger partial charge in [-0.05, 0) is 43.5 Å². The minimum absolute atomic E-state index is 0.137. The Morgan fingerprint density at radius 2 is 1.80 bits per heavy atom. The van der Waals surface area contributed by atoms with Crippen molar-refractivity contribution in [1.29, 1.82) is 0 Å². The summed E-state index contributed by atoms with van der Waals surface area (Å²) in [6, 6.07) is 5.86. The topological polar surface area (TPSA) is 41.1 Å². The number of urea groups is 1. The van der Waals surface area contributed by atoms with Crippen molar-refractivity contribution < 1.29 is 4.79 Å². The fraction of sp³-hybridized carbons (Fsp3) is 0.417. The van der Waals surface area contributed by atoms with Gasteiger partial charge in [0, 0.05) is 12.2 Å². The highest BCUT2D eigenvalue weighted by Gasteiger charge is 2.00. The highest BCUT2D eigenvalue weighted by atomic mass is 16.2.